The summed E-state index contributed by atoms with van der Waals surface area (Å²) >= 11 is 0. The van der Waals surface area contributed by atoms with Crippen LogP contribution in [0.4, 0.5) is 22.0 Å². The van der Waals surface area contributed by atoms with Crippen LogP contribution in [0.15, 0.2) is 12.1 Å². The van der Waals surface area contributed by atoms with Gasteiger partial charge < -0.3 is 10.2 Å². The van der Waals surface area contributed by atoms with E-state index < -0.39 is 52.8 Å². The van der Waals surface area contributed by atoms with Crippen LogP contribution in [0.1, 0.15) is 22.0 Å². The van der Waals surface area contributed by atoms with E-state index in [9.17, 15) is 31.9 Å². The van der Waals surface area contributed by atoms with Crippen LogP contribution in [0.3, 0.4) is 0 Å². The Kier molecular flexibility index (Phi) is 3.10. The number of hydrogen-bond acceptors (Lipinski definition) is 3. The lowest BCUT2D eigenvalue weighted by Gasteiger charge is -2.22. The summed E-state index contributed by atoms with van der Waals surface area (Å²) < 4.78 is 63.0. The van der Waals surface area contributed by atoms with Gasteiger partial charge in [-0.25, -0.2) is 8.78 Å². The highest BCUT2D eigenvalue weighted by molar-refractivity contribution is 6.03. The first-order valence-corrected chi connectivity index (χ1v) is 5.10. The van der Waals surface area contributed by atoms with E-state index in [0.29, 0.717) is 12.1 Å². The third kappa shape index (κ3) is 2.10. The first kappa shape index (κ1) is 13.9. The summed E-state index contributed by atoms with van der Waals surface area (Å²) in [6.07, 6.45) is -10.3. The molecule has 3 unspecified atom stereocenters. The molecule has 8 heteroatoms. The normalized spacial score (nSPS) is 24.5. The van der Waals surface area contributed by atoms with Crippen molar-refractivity contribution < 1.29 is 37.0 Å². The molecule has 0 bridgehead atoms. The topological polar surface area (TPSA) is 57.5 Å². The molecule has 0 aromatic heterocycles. The maximum absolute atomic E-state index is 13.0. The molecule has 0 fully saturated rings. The molecular formula is C11H7F5O3. The van der Waals surface area contributed by atoms with Crippen LogP contribution in [0, 0.1) is 17.6 Å². The molecule has 0 spiro atoms. The molecule has 2 N–H and O–H groups in total. The van der Waals surface area contributed by atoms with Gasteiger partial charge in [0.1, 0.15) is 0 Å². The van der Waals surface area contributed by atoms with E-state index in [4.69, 9.17) is 5.11 Å². The summed E-state index contributed by atoms with van der Waals surface area (Å²) in [6.45, 7) is 0. The van der Waals surface area contributed by atoms with Gasteiger partial charge in [-0.2, -0.15) is 13.2 Å². The fourth-order valence-electron chi connectivity index (χ4n) is 2.06. The number of aliphatic hydroxyl groups is 2. The van der Waals surface area contributed by atoms with Gasteiger partial charge in [-0.15, -0.1) is 0 Å². The Bertz CT molecular complexity index is 540. The molecule has 1 aliphatic rings. The summed E-state index contributed by atoms with van der Waals surface area (Å²) in [5.41, 5.74) is -1.02. The predicted molar refractivity (Wildman–Crippen MR) is 51.2 cm³/mol. The summed E-state index contributed by atoms with van der Waals surface area (Å²) in [5, 5.41) is 18.6. The number of benzene rings is 1. The average molecular weight is 282 g/mol. The van der Waals surface area contributed by atoms with Crippen LogP contribution in [0.5, 0.6) is 0 Å². The summed E-state index contributed by atoms with van der Waals surface area (Å²) in [5.74, 6) is -6.29. The smallest absolute Gasteiger partial charge is 0.388 e. The van der Waals surface area contributed by atoms with Crippen LogP contribution >= 0.6 is 0 Å². The Balaban J connectivity index is 2.47. The monoisotopic (exact) mass is 282 g/mol. The molecule has 3 nitrogen and oxygen atoms in total. The fraction of sp³-hybridized carbons (Fsp3) is 0.364. The standard InChI is InChI=1S/C11H7F5O3/c12-5-1-3-4(2-6(5)13)9(18)7(8(3)17)10(19)11(14,15)16/h1-2,7-8,10,17,19H. The minimum Gasteiger partial charge on any atom is -0.388 e. The van der Waals surface area contributed by atoms with Gasteiger partial charge >= 0.3 is 6.18 Å². The summed E-state index contributed by atoms with van der Waals surface area (Å²) in [6, 6.07) is 0.871. The molecule has 0 saturated carbocycles. The van der Waals surface area contributed by atoms with Gasteiger partial charge in [-0.05, 0) is 17.7 Å². The number of halogens is 5. The van der Waals surface area contributed by atoms with Crippen molar-refractivity contribution in [2.75, 3.05) is 0 Å². The SMILES string of the molecule is O=C1c2cc(F)c(F)cc2C(O)C1C(O)C(F)(F)F. The van der Waals surface area contributed by atoms with Gasteiger partial charge in [-0.1, -0.05) is 0 Å². The number of hydrogen-bond donors (Lipinski definition) is 2. The molecule has 0 radical (unpaired) electrons. The van der Waals surface area contributed by atoms with Gasteiger partial charge in [-0.3, -0.25) is 4.79 Å². The Morgan fingerprint density at radius 1 is 1.16 bits per heavy atom. The Morgan fingerprint density at radius 3 is 2.21 bits per heavy atom. The Morgan fingerprint density at radius 2 is 1.68 bits per heavy atom. The Hall–Kier alpha value is -1.54. The van der Waals surface area contributed by atoms with E-state index in [1.54, 1.807) is 0 Å². The molecule has 0 aliphatic heterocycles. The molecule has 1 aromatic carbocycles. The number of Topliss-reactive ketones (excluding diaryl/α,β-unsaturated/α-hetero) is 1. The first-order chi connectivity index (χ1) is 8.64. The quantitative estimate of drug-likeness (QED) is 0.771. The minimum atomic E-state index is -5.12. The lowest BCUT2D eigenvalue weighted by Crippen LogP contribution is -2.40. The van der Waals surface area contributed by atoms with Gasteiger partial charge in [0.05, 0.1) is 12.0 Å². The maximum Gasteiger partial charge on any atom is 0.415 e. The van der Waals surface area contributed by atoms with Crippen molar-refractivity contribution in [2.45, 2.75) is 18.4 Å². The second-order valence-corrected chi connectivity index (χ2v) is 4.17. The predicted octanol–water partition coefficient (Wildman–Crippen LogP) is 1.73. The largest absolute Gasteiger partial charge is 0.415 e. The average Bonchev–Trinajstić information content (AvgIpc) is 2.51. The molecule has 104 valence electrons. The highest BCUT2D eigenvalue weighted by Gasteiger charge is 2.53. The number of aliphatic hydroxyl groups excluding tert-OH is 2. The molecule has 3 atom stereocenters. The number of alkyl halides is 3. The molecule has 1 aromatic rings. The van der Waals surface area contributed by atoms with Gasteiger partial charge in [0.2, 0.25) is 0 Å². The number of rotatable bonds is 1. The molecule has 0 heterocycles. The van der Waals surface area contributed by atoms with E-state index in [0.717, 1.165) is 0 Å². The van der Waals surface area contributed by atoms with Crippen LogP contribution in [-0.4, -0.2) is 28.3 Å². The van der Waals surface area contributed by atoms with Gasteiger partial charge in [0, 0.05) is 5.56 Å². The van der Waals surface area contributed by atoms with Crippen LogP contribution in [-0.2, 0) is 0 Å². The van der Waals surface area contributed by atoms with E-state index in [1.807, 2.05) is 0 Å². The van der Waals surface area contributed by atoms with Crippen molar-refractivity contribution in [3.63, 3.8) is 0 Å². The molecule has 0 saturated heterocycles. The van der Waals surface area contributed by atoms with E-state index >= 15 is 0 Å². The van der Waals surface area contributed by atoms with Crippen molar-refractivity contribution in [3.05, 3.63) is 34.9 Å². The molecule has 1 aliphatic carbocycles. The lowest BCUT2D eigenvalue weighted by molar-refractivity contribution is -0.221. The number of fused-ring (bicyclic) bond motifs is 1. The highest BCUT2D eigenvalue weighted by atomic mass is 19.4. The summed E-state index contributed by atoms with van der Waals surface area (Å²) in [4.78, 5) is 11.6. The number of carbonyl (C=O) groups excluding carboxylic acids is 1. The maximum atomic E-state index is 13.0. The van der Waals surface area contributed by atoms with E-state index in [-0.39, 0.29) is 0 Å². The second-order valence-electron chi connectivity index (χ2n) is 4.17. The van der Waals surface area contributed by atoms with Crippen LogP contribution in [0.2, 0.25) is 0 Å². The number of carbonyl (C=O) groups is 1. The molecular weight excluding hydrogens is 275 g/mol. The van der Waals surface area contributed by atoms with Crippen molar-refractivity contribution in [1.29, 1.82) is 0 Å². The van der Waals surface area contributed by atoms with Crippen molar-refractivity contribution in [3.8, 4) is 0 Å². The van der Waals surface area contributed by atoms with Crippen molar-refractivity contribution >= 4 is 5.78 Å². The third-order valence-corrected chi connectivity index (χ3v) is 2.99. The third-order valence-electron chi connectivity index (χ3n) is 2.99. The van der Waals surface area contributed by atoms with Crippen molar-refractivity contribution in [2.24, 2.45) is 5.92 Å². The zero-order valence-electron chi connectivity index (χ0n) is 9.08. The molecule has 2 rings (SSSR count). The zero-order chi connectivity index (χ0) is 14.5. The molecule has 0 amide bonds. The minimum absolute atomic E-state index is 0.416. The zero-order valence-corrected chi connectivity index (χ0v) is 9.08. The van der Waals surface area contributed by atoms with E-state index in [2.05, 4.69) is 0 Å². The highest BCUT2D eigenvalue weighted by Crippen LogP contribution is 2.42. The van der Waals surface area contributed by atoms with Gasteiger partial charge in [0.25, 0.3) is 0 Å². The second kappa shape index (κ2) is 4.24. The van der Waals surface area contributed by atoms with Gasteiger partial charge in [0.15, 0.2) is 23.5 Å². The van der Waals surface area contributed by atoms with Crippen LogP contribution < -0.4 is 0 Å². The lowest BCUT2D eigenvalue weighted by atomic mass is 9.95. The summed E-state index contributed by atoms with van der Waals surface area (Å²) in [7, 11) is 0. The first-order valence-electron chi connectivity index (χ1n) is 5.10. The van der Waals surface area contributed by atoms with Crippen molar-refractivity contribution in [1.82, 2.24) is 0 Å². The number of ketones is 1. The van der Waals surface area contributed by atoms with Crippen LogP contribution in [0.25, 0.3) is 0 Å². The Labute approximate surface area is 103 Å². The molecule has 19 heavy (non-hydrogen) atoms. The fourth-order valence-corrected chi connectivity index (χ4v) is 2.06. The van der Waals surface area contributed by atoms with E-state index in [1.165, 1.54) is 0 Å².